The number of carbonyl (C=O) groups is 1. The van der Waals surface area contributed by atoms with Gasteiger partial charge in [-0.1, -0.05) is 13.0 Å². The zero-order valence-electron chi connectivity index (χ0n) is 11.3. The monoisotopic (exact) mass is 263 g/mol. The zero-order chi connectivity index (χ0) is 13.7. The molecule has 1 aromatic carbocycles. The Kier molecular flexibility index (Phi) is 4.80. The Morgan fingerprint density at radius 3 is 3.05 bits per heavy atom. The number of carboxylic acids is 1. The van der Waals surface area contributed by atoms with E-state index in [9.17, 15) is 4.79 Å². The Balaban J connectivity index is 1.70. The molecule has 1 N–H and O–H groups in total. The first kappa shape index (κ1) is 13.9. The summed E-state index contributed by atoms with van der Waals surface area (Å²) < 4.78 is 5.59. The lowest BCUT2D eigenvalue weighted by atomic mass is 10.2. The molecule has 1 aromatic rings. The Morgan fingerprint density at radius 2 is 2.37 bits per heavy atom. The minimum Gasteiger partial charge on any atom is -0.494 e. The SMILES string of the molecule is CC1CCN(CCCOc2cccc(C(=O)O)c2)C1. The molecule has 1 aliphatic rings. The van der Waals surface area contributed by atoms with Crippen LogP contribution in [0.5, 0.6) is 5.75 Å². The molecule has 1 aliphatic heterocycles. The molecule has 4 nitrogen and oxygen atoms in total. The Bertz CT molecular complexity index is 433. The van der Waals surface area contributed by atoms with Gasteiger partial charge in [-0.2, -0.15) is 0 Å². The first-order valence-electron chi connectivity index (χ1n) is 6.83. The molecule has 0 spiro atoms. The number of hydrogen-bond acceptors (Lipinski definition) is 3. The second-order valence-corrected chi connectivity index (χ2v) is 5.23. The smallest absolute Gasteiger partial charge is 0.335 e. The molecule has 0 amide bonds. The van der Waals surface area contributed by atoms with Crippen molar-refractivity contribution in [2.75, 3.05) is 26.2 Å². The molecule has 0 aliphatic carbocycles. The maximum atomic E-state index is 10.8. The second kappa shape index (κ2) is 6.57. The van der Waals surface area contributed by atoms with Gasteiger partial charge in [-0.15, -0.1) is 0 Å². The molecule has 1 atom stereocenters. The minimum atomic E-state index is -0.920. The van der Waals surface area contributed by atoms with E-state index >= 15 is 0 Å². The normalized spacial score (nSPS) is 19.5. The second-order valence-electron chi connectivity index (χ2n) is 5.23. The molecule has 104 valence electrons. The Labute approximate surface area is 114 Å². The van der Waals surface area contributed by atoms with Crippen molar-refractivity contribution >= 4 is 5.97 Å². The quantitative estimate of drug-likeness (QED) is 0.801. The van der Waals surface area contributed by atoms with Gasteiger partial charge in [-0.05, 0) is 43.5 Å². The van der Waals surface area contributed by atoms with Crippen LogP contribution < -0.4 is 4.74 Å². The van der Waals surface area contributed by atoms with Gasteiger partial charge >= 0.3 is 5.97 Å². The summed E-state index contributed by atoms with van der Waals surface area (Å²) in [5.74, 6) is 0.527. The largest absolute Gasteiger partial charge is 0.494 e. The third-order valence-corrected chi connectivity index (χ3v) is 3.48. The molecule has 0 saturated carbocycles. The summed E-state index contributed by atoms with van der Waals surface area (Å²) >= 11 is 0. The highest BCUT2D eigenvalue weighted by Gasteiger charge is 2.17. The first-order chi connectivity index (χ1) is 9.15. The van der Waals surface area contributed by atoms with Crippen molar-refractivity contribution in [2.45, 2.75) is 19.8 Å². The molecule has 4 heteroatoms. The van der Waals surface area contributed by atoms with Crippen LogP contribution in [0.4, 0.5) is 0 Å². The number of nitrogens with zero attached hydrogens (tertiary/aromatic N) is 1. The summed E-state index contributed by atoms with van der Waals surface area (Å²) in [6, 6.07) is 6.65. The molecule has 1 heterocycles. The van der Waals surface area contributed by atoms with Crippen molar-refractivity contribution in [3.8, 4) is 5.75 Å². The number of benzene rings is 1. The number of ether oxygens (including phenoxy) is 1. The van der Waals surface area contributed by atoms with Crippen LogP contribution in [0.3, 0.4) is 0 Å². The van der Waals surface area contributed by atoms with Crippen molar-refractivity contribution in [1.82, 2.24) is 4.90 Å². The highest BCUT2D eigenvalue weighted by molar-refractivity contribution is 5.87. The van der Waals surface area contributed by atoms with E-state index in [-0.39, 0.29) is 5.56 Å². The van der Waals surface area contributed by atoms with Crippen molar-refractivity contribution in [3.63, 3.8) is 0 Å². The van der Waals surface area contributed by atoms with E-state index in [1.807, 2.05) is 0 Å². The van der Waals surface area contributed by atoms with Crippen molar-refractivity contribution in [1.29, 1.82) is 0 Å². The summed E-state index contributed by atoms with van der Waals surface area (Å²) in [6.45, 7) is 6.36. The van der Waals surface area contributed by atoms with Crippen LogP contribution in [0, 0.1) is 5.92 Å². The van der Waals surface area contributed by atoms with Crippen LogP contribution in [0.25, 0.3) is 0 Å². The van der Waals surface area contributed by atoms with Gasteiger partial charge in [0.25, 0.3) is 0 Å². The van der Waals surface area contributed by atoms with Gasteiger partial charge in [0.2, 0.25) is 0 Å². The summed E-state index contributed by atoms with van der Waals surface area (Å²) in [5, 5.41) is 8.89. The van der Waals surface area contributed by atoms with Crippen LogP contribution in [0.15, 0.2) is 24.3 Å². The predicted octanol–water partition coefficient (Wildman–Crippen LogP) is 2.50. The van der Waals surface area contributed by atoms with Crippen LogP contribution in [0.2, 0.25) is 0 Å². The van der Waals surface area contributed by atoms with Crippen LogP contribution in [-0.4, -0.2) is 42.2 Å². The highest BCUT2D eigenvalue weighted by atomic mass is 16.5. The van der Waals surface area contributed by atoms with Gasteiger partial charge in [0.1, 0.15) is 5.75 Å². The number of likely N-dealkylation sites (tertiary alicyclic amines) is 1. The van der Waals surface area contributed by atoms with Crippen LogP contribution in [0.1, 0.15) is 30.1 Å². The van der Waals surface area contributed by atoms with E-state index < -0.39 is 5.97 Å². The maximum absolute atomic E-state index is 10.8. The lowest BCUT2D eigenvalue weighted by Gasteiger charge is -2.15. The van der Waals surface area contributed by atoms with E-state index in [0.717, 1.165) is 18.9 Å². The maximum Gasteiger partial charge on any atom is 0.335 e. The molecular formula is C15H21NO3. The van der Waals surface area contributed by atoms with Crippen LogP contribution >= 0.6 is 0 Å². The highest BCUT2D eigenvalue weighted by Crippen LogP contribution is 2.16. The first-order valence-corrected chi connectivity index (χ1v) is 6.83. The molecule has 1 fully saturated rings. The molecule has 0 bridgehead atoms. The molecule has 0 aromatic heterocycles. The van der Waals surface area contributed by atoms with Gasteiger partial charge in [0, 0.05) is 13.1 Å². The van der Waals surface area contributed by atoms with E-state index in [4.69, 9.17) is 9.84 Å². The fourth-order valence-corrected chi connectivity index (χ4v) is 2.43. The molecular weight excluding hydrogens is 242 g/mol. The standard InChI is InChI=1S/C15H21NO3/c1-12-6-8-16(11-12)7-3-9-19-14-5-2-4-13(10-14)15(17)18/h2,4-5,10,12H,3,6-9,11H2,1H3,(H,17,18). The molecule has 0 radical (unpaired) electrons. The molecule has 1 unspecified atom stereocenters. The van der Waals surface area contributed by atoms with Gasteiger partial charge < -0.3 is 14.7 Å². The summed E-state index contributed by atoms with van der Waals surface area (Å²) in [5.41, 5.74) is 0.269. The van der Waals surface area contributed by atoms with E-state index in [1.165, 1.54) is 19.5 Å². The van der Waals surface area contributed by atoms with Crippen molar-refractivity contribution in [2.24, 2.45) is 5.92 Å². The summed E-state index contributed by atoms with van der Waals surface area (Å²) in [4.78, 5) is 13.3. The van der Waals surface area contributed by atoms with Gasteiger partial charge in [0.15, 0.2) is 0 Å². The number of hydrogen-bond donors (Lipinski definition) is 1. The van der Waals surface area contributed by atoms with E-state index in [0.29, 0.717) is 12.4 Å². The zero-order valence-corrected chi connectivity index (χ0v) is 11.3. The fourth-order valence-electron chi connectivity index (χ4n) is 2.43. The number of rotatable bonds is 6. The van der Waals surface area contributed by atoms with Crippen LogP contribution in [-0.2, 0) is 0 Å². The third kappa shape index (κ3) is 4.24. The topological polar surface area (TPSA) is 49.8 Å². The number of carboxylic acid groups (broad SMARTS) is 1. The minimum absolute atomic E-state index is 0.269. The predicted molar refractivity (Wildman–Crippen MR) is 73.7 cm³/mol. The molecule has 2 rings (SSSR count). The lowest BCUT2D eigenvalue weighted by Crippen LogP contribution is -2.23. The van der Waals surface area contributed by atoms with Crippen molar-refractivity contribution in [3.05, 3.63) is 29.8 Å². The average molecular weight is 263 g/mol. The van der Waals surface area contributed by atoms with Gasteiger partial charge in [-0.3, -0.25) is 0 Å². The van der Waals surface area contributed by atoms with Crippen molar-refractivity contribution < 1.29 is 14.6 Å². The Hall–Kier alpha value is -1.55. The van der Waals surface area contributed by atoms with E-state index in [1.54, 1.807) is 24.3 Å². The Morgan fingerprint density at radius 1 is 1.53 bits per heavy atom. The number of aromatic carboxylic acids is 1. The third-order valence-electron chi connectivity index (χ3n) is 3.48. The summed E-state index contributed by atoms with van der Waals surface area (Å²) in [7, 11) is 0. The fraction of sp³-hybridized carbons (Fsp3) is 0.533. The lowest BCUT2D eigenvalue weighted by molar-refractivity contribution is 0.0696. The molecule has 19 heavy (non-hydrogen) atoms. The molecule has 1 saturated heterocycles. The average Bonchev–Trinajstić information content (AvgIpc) is 2.81. The van der Waals surface area contributed by atoms with E-state index in [2.05, 4.69) is 11.8 Å². The summed E-state index contributed by atoms with van der Waals surface area (Å²) in [6.07, 6.45) is 2.27. The van der Waals surface area contributed by atoms with Gasteiger partial charge in [-0.25, -0.2) is 4.79 Å². The van der Waals surface area contributed by atoms with Gasteiger partial charge in [0.05, 0.1) is 12.2 Å².